The van der Waals surface area contributed by atoms with Crippen molar-refractivity contribution in [2.24, 2.45) is 0 Å². The minimum absolute atomic E-state index is 0.0646. The number of nitrogens with zero attached hydrogens (tertiary/aromatic N) is 5. The molecule has 0 spiro atoms. The molecule has 23 heavy (non-hydrogen) atoms. The largest absolute Gasteiger partial charge is 0.467 e. The van der Waals surface area contributed by atoms with E-state index < -0.39 is 12.0 Å². The molecule has 3 aromatic heterocycles. The van der Waals surface area contributed by atoms with Crippen LogP contribution in [0.5, 0.6) is 0 Å². The van der Waals surface area contributed by atoms with Gasteiger partial charge in [0.1, 0.15) is 11.6 Å². The van der Waals surface area contributed by atoms with Gasteiger partial charge in [-0.15, -0.1) is 15.3 Å². The first-order valence-electron chi connectivity index (χ1n) is 7.11. The first-order valence-corrected chi connectivity index (χ1v) is 7.11. The fraction of sp³-hybridized carbons (Fsp3) is 0.357. The molecule has 9 heteroatoms. The van der Waals surface area contributed by atoms with Crippen molar-refractivity contribution in [2.45, 2.75) is 31.6 Å². The lowest BCUT2D eigenvalue weighted by Gasteiger charge is -2.22. The lowest BCUT2D eigenvalue weighted by Crippen LogP contribution is -2.26. The van der Waals surface area contributed by atoms with E-state index in [0.29, 0.717) is 12.4 Å². The van der Waals surface area contributed by atoms with Gasteiger partial charge >= 0.3 is 6.18 Å². The number of fused-ring (bicyclic) bond motifs is 1. The van der Waals surface area contributed by atoms with E-state index in [4.69, 9.17) is 4.42 Å². The monoisotopic (exact) mass is 323 g/mol. The highest BCUT2D eigenvalue weighted by Crippen LogP contribution is 2.33. The van der Waals surface area contributed by atoms with Gasteiger partial charge in [0, 0.05) is 6.04 Å². The fourth-order valence-electron chi connectivity index (χ4n) is 2.46. The number of anilines is 1. The standard InChI is InChI=1S/C14H12F3N5O/c15-14(16,17)13-19-18-11-5-6-12(20-22(11)13)21(9-3-4-9)8-10-2-1-7-23-10/h1-2,5-7,9H,3-4,8H2. The lowest BCUT2D eigenvalue weighted by molar-refractivity contribution is -0.146. The Kier molecular flexibility index (Phi) is 3.03. The highest BCUT2D eigenvalue weighted by molar-refractivity contribution is 5.47. The number of hydrogen-bond acceptors (Lipinski definition) is 5. The fourth-order valence-corrected chi connectivity index (χ4v) is 2.46. The quantitative estimate of drug-likeness (QED) is 0.739. The normalized spacial score (nSPS) is 15.3. The molecule has 3 aromatic rings. The number of hydrogen-bond donors (Lipinski definition) is 0. The number of halogens is 3. The van der Waals surface area contributed by atoms with Crippen molar-refractivity contribution in [1.82, 2.24) is 19.8 Å². The van der Waals surface area contributed by atoms with Crippen LogP contribution in [0, 0.1) is 0 Å². The van der Waals surface area contributed by atoms with Gasteiger partial charge < -0.3 is 9.32 Å². The second-order valence-electron chi connectivity index (χ2n) is 5.42. The van der Waals surface area contributed by atoms with Gasteiger partial charge in [-0.1, -0.05) is 0 Å². The molecular weight excluding hydrogens is 311 g/mol. The molecule has 120 valence electrons. The predicted molar refractivity (Wildman–Crippen MR) is 73.7 cm³/mol. The van der Waals surface area contributed by atoms with E-state index in [2.05, 4.69) is 15.3 Å². The van der Waals surface area contributed by atoms with E-state index in [-0.39, 0.29) is 11.7 Å². The van der Waals surface area contributed by atoms with Gasteiger partial charge in [0.05, 0.1) is 12.8 Å². The van der Waals surface area contributed by atoms with Gasteiger partial charge in [0.2, 0.25) is 0 Å². The van der Waals surface area contributed by atoms with Crippen LogP contribution in [0.25, 0.3) is 5.65 Å². The number of alkyl halides is 3. The summed E-state index contributed by atoms with van der Waals surface area (Å²) < 4.78 is 45.0. The molecule has 0 saturated heterocycles. The van der Waals surface area contributed by atoms with Crippen molar-refractivity contribution in [1.29, 1.82) is 0 Å². The Hall–Kier alpha value is -2.58. The Bertz CT molecular complexity index is 823. The molecule has 0 bridgehead atoms. The molecule has 4 rings (SSSR count). The van der Waals surface area contributed by atoms with Crippen molar-refractivity contribution in [3.63, 3.8) is 0 Å². The zero-order valence-corrected chi connectivity index (χ0v) is 11.9. The van der Waals surface area contributed by atoms with E-state index >= 15 is 0 Å². The molecule has 1 fully saturated rings. The second-order valence-corrected chi connectivity index (χ2v) is 5.42. The molecule has 1 aliphatic carbocycles. The number of aromatic nitrogens is 4. The average Bonchev–Trinajstić information content (AvgIpc) is 3.04. The second kappa shape index (κ2) is 4.97. The summed E-state index contributed by atoms with van der Waals surface area (Å²) >= 11 is 0. The maximum Gasteiger partial charge on any atom is 0.453 e. The average molecular weight is 323 g/mol. The topological polar surface area (TPSA) is 59.5 Å². The molecule has 0 atom stereocenters. The van der Waals surface area contributed by atoms with E-state index in [0.717, 1.165) is 23.1 Å². The molecule has 0 aliphatic heterocycles. The van der Waals surface area contributed by atoms with Crippen molar-refractivity contribution in [3.8, 4) is 0 Å². The maximum absolute atomic E-state index is 13.0. The molecule has 0 unspecified atom stereocenters. The third-order valence-electron chi connectivity index (χ3n) is 3.69. The minimum Gasteiger partial charge on any atom is -0.467 e. The Labute approximate surface area is 128 Å². The van der Waals surface area contributed by atoms with Crippen molar-refractivity contribution >= 4 is 11.5 Å². The van der Waals surface area contributed by atoms with Crippen LogP contribution in [0.3, 0.4) is 0 Å². The number of furan rings is 1. The van der Waals surface area contributed by atoms with Gasteiger partial charge in [-0.2, -0.15) is 17.7 Å². The summed E-state index contributed by atoms with van der Waals surface area (Å²) in [6.45, 7) is 0.458. The molecule has 0 aromatic carbocycles. The molecule has 0 radical (unpaired) electrons. The van der Waals surface area contributed by atoms with Crippen LogP contribution in [0.1, 0.15) is 24.4 Å². The van der Waals surface area contributed by atoms with Crippen LogP contribution in [0.4, 0.5) is 19.0 Å². The van der Waals surface area contributed by atoms with Crippen molar-refractivity contribution in [2.75, 3.05) is 4.90 Å². The van der Waals surface area contributed by atoms with E-state index in [1.165, 1.54) is 6.07 Å². The van der Waals surface area contributed by atoms with Gasteiger partial charge in [-0.25, -0.2) is 0 Å². The van der Waals surface area contributed by atoms with Crippen molar-refractivity contribution in [3.05, 3.63) is 42.1 Å². The summed E-state index contributed by atoms with van der Waals surface area (Å²) in [7, 11) is 0. The third kappa shape index (κ3) is 2.62. The summed E-state index contributed by atoms with van der Waals surface area (Å²) in [4.78, 5) is 1.94. The third-order valence-corrected chi connectivity index (χ3v) is 3.69. The van der Waals surface area contributed by atoms with Crippen LogP contribution in [0.15, 0.2) is 34.9 Å². The van der Waals surface area contributed by atoms with E-state index in [9.17, 15) is 13.2 Å². The van der Waals surface area contributed by atoms with Gasteiger partial charge in [-0.3, -0.25) is 0 Å². The smallest absolute Gasteiger partial charge is 0.453 e. The van der Waals surface area contributed by atoms with Gasteiger partial charge in [0.15, 0.2) is 5.65 Å². The van der Waals surface area contributed by atoms with Crippen LogP contribution >= 0.6 is 0 Å². The predicted octanol–water partition coefficient (Wildman–Crippen LogP) is 2.91. The lowest BCUT2D eigenvalue weighted by atomic mass is 10.3. The summed E-state index contributed by atoms with van der Waals surface area (Å²) in [6.07, 6.45) is -1.07. The molecule has 6 nitrogen and oxygen atoms in total. The van der Waals surface area contributed by atoms with Gasteiger partial charge in [-0.05, 0) is 37.1 Å². The van der Waals surface area contributed by atoms with Crippen molar-refractivity contribution < 1.29 is 17.6 Å². The van der Waals surface area contributed by atoms with Crippen LogP contribution in [-0.2, 0) is 12.7 Å². The van der Waals surface area contributed by atoms with Crippen LogP contribution in [-0.4, -0.2) is 25.9 Å². The zero-order valence-electron chi connectivity index (χ0n) is 11.9. The molecule has 0 N–H and O–H groups in total. The molecular formula is C14H12F3N5O. The highest BCUT2D eigenvalue weighted by Gasteiger charge is 2.38. The Morgan fingerprint density at radius 2 is 2.04 bits per heavy atom. The summed E-state index contributed by atoms with van der Waals surface area (Å²) in [5, 5.41) is 10.8. The Morgan fingerprint density at radius 1 is 1.22 bits per heavy atom. The number of rotatable bonds is 4. The highest BCUT2D eigenvalue weighted by atomic mass is 19.4. The van der Waals surface area contributed by atoms with Crippen LogP contribution in [0.2, 0.25) is 0 Å². The maximum atomic E-state index is 13.0. The molecule has 3 heterocycles. The summed E-state index contributed by atoms with van der Waals surface area (Å²) in [5.41, 5.74) is 0.0646. The van der Waals surface area contributed by atoms with Crippen LogP contribution < -0.4 is 4.90 Å². The van der Waals surface area contributed by atoms with Gasteiger partial charge in [0.25, 0.3) is 5.82 Å². The Balaban J connectivity index is 1.74. The molecule has 1 saturated carbocycles. The summed E-state index contributed by atoms with van der Waals surface area (Å²) in [6, 6.07) is 7.01. The van der Waals surface area contributed by atoms with E-state index in [1.54, 1.807) is 18.4 Å². The first kappa shape index (κ1) is 14.0. The zero-order chi connectivity index (χ0) is 16.0. The molecule has 1 aliphatic rings. The summed E-state index contributed by atoms with van der Waals surface area (Å²) in [5.74, 6) is 0.0587. The molecule has 0 amide bonds. The minimum atomic E-state index is -4.60. The first-order chi connectivity index (χ1) is 11.0. The Morgan fingerprint density at radius 3 is 2.70 bits per heavy atom. The SMILES string of the molecule is FC(F)(F)c1nnc2ccc(N(Cc3ccco3)C3CC3)nn12. The van der Waals surface area contributed by atoms with E-state index in [1.807, 2.05) is 11.0 Å².